The van der Waals surface area contributed by atoms with Gasteiger partial charge in [-0.15, -0.1) is 0 Å². The zero-order valence-corrected chi connectivity index (χ0v) is 13.9. The van der Waals surface area contributed by atoms with Crippen LogP contribution in [0.3, 0.4) is 0 Å². The standard InChI is InChI=1S/C17H23BrN2/c1-3-4-5-7-13(2)20-12-14-9-10-16(18)15-8-6-11-19-17(14)15/h6,8-11,13,20H,3-5,7,12H2,1-2H3. The molecule has 0 fully saturated rings. The van der Waals surface area contributed by atoms with Crippen molar-refractivity contribution in [2.45, 2.75) is 52.1 Å². The first-order valence-corrected chi connectivity index (χ1v) is 8.27. The Bertz CT molecular complexity index is 554. The number of hydrogen-bond donors (Lipinski definition) is 1. The van der Waals surface area contributed by atoms with E-state index in [1.807, 2.05) is 12.3 Å². The van der Waals surface area contributed by atoms with Crippen molar-refractivity contribution in [3.8, 4) is 0 Å². The molecule has 1 atom stereocenters. The predicted molar refractivity (Wildman–Crippen MR) is 89.9 cm³/mol. The summed E-state index contributed by atoms with van der Waals surface area (Å²) in [5.41, 5.74) is 2.36. The Morgan fingerprint density at radius 3 is 2.90 bits per heavy atom. The number of hydrogen-bond acceptors (Lipinski definition) is 2. The molecule has 0 saturated heterocycles. The smallest absolute Gasteiger partial charge is 0.0758 e. The minimum absolute atomic E-state index is 0.559. The third-order valence-corrected chi connectivity index (χ3v) is 4.37. The summed E-state index contributed by atoms with van der Waals surface area (Å²) in [4.78, 5) is 4.53. The molecule has 0 radical (unpaired) electrons. The summed E-state index contributed by atoms with van der Waals surface area (Å²) in [5, 5.41) is 4.80. The highest BCUT2D eigenvalue weighted by Crippen LogP contribution is 2.25. The molecule has 0 aliphatic heterocycles. The Hall–Kier alpha value is -0.930. The van der Waals surface area contributed by atoms with Crippen LogP contribution in [0.15, 0.2) is 34.9 Å². The summed E-state index contributed by atoms with van der Waals surface area (Å²) in [5.74, 6) is 0. The molecular formula is C17H23BrN2. The lowest BCUT2D eigenvalue weighted by atomic mass is 10.1. The second-order valence-electron chi connectivity index (χ2n) is 5.38. The zero-order valence-electron chi connectivity index (χ0n) is 12.3. The second kappa shape index (κ2) is 7.75. The Balaban J connectivity index is 2.01. The number of unbranched alkanes of at least 4 members (excludes halogenated alkanes) is 2. The maximum atomic E-state index is 4.53. The molecule has 0 saturated carbocycles. The van der Waals surface area contributed by atoms with E-state index in [9.17, 15) is 0 Å². The molecule has 2 rings (SSSR count). The van der Waals surface area contributed by atoms with Crippen LogP contribution in [0.5, 0.6) is 0 Å². The summed E-state index contributed by atoms with van der Waals surface area (Å²) in [6.45, 7) is 5.40. The Kier molecular flexibility index (Phi) is 5.99. The molecular weight excluding hydrogens is 312 g/mol. The van der Waals surface area contributed by atoms with Crippen molar-refractivity contribution in [1.29, 1.82) is 0 Å². The van der Waals surface area contributed by atoms with Crippen LogP contribution in [-0.2, 0) is 6.54 Å². The lowest BCUT2D eigenvalue weighted by Gasteiger charge is -2.14. The molecule has 2 nitrogen and oxygen atoms in total. The molecule has 0 aliphatic carbocycles. The van der Waals surface area contributed by atoms with Crippen molar-refractivity contribution in [1.82, 2.24) is 10.3 Å². The van der Waals surface area contributed by atoms with Crippen LogP contribution in [0.2, 0.25) is 0 Å². The highest BCUT2D eigenvalue weighted by molar-refractivity contribution is 9.10. The fourth-order valence-corrected chi connectivity index (χ4v) is 2.88. The van der Waals surface area contributed by atoms with E-state index in [0.717, 1.165) is 16.5 Å². The highest BCUT2D eigenvalue weighted by Gasteiger charge is 2.07. The van der Waals surface area contributed by atoms with Crippen molar-refractivity contribution in [3.05, 3.63) is 40.5 Å². The van der Waals surface area contributed by atoms with Gasteiger partial charge in [0.1, 0.15) is 0 Å². The summed E-state index contributed by atoms with van der Waals surface area (Å²) in [7, 11) is 0. The van der Waals surface area contributed by atoms with Crippen molar-refractivity contribution in [2.24, 2.45) is 0 Å². The Labute approximate surface area is 130 Å². The van der Waals surface area contributed by atoms with E-state index < -0.39 is 0 Å². The van der Waals surface area contributed by atoms with Gasteiger partial charge in [-0.1, -0.05) is 54.2 Å². The van der Waals surface area contributed by atoms with E-state index in [2.05, 4.69) is 58.3 Å². The van der Waals surface area contributed by atoms with Gasteiger partial charge in [0.15, 0.2) is 0 Å². The molecule has 1 N–H and O–H groups in total. The van der Waals surface area contributed by atoms with Crippen molar-refractivity contribution in [3.63, 3.8) is 0 Å². The number of benzene rings is 1. The van der Waals surface area contributed by atoms with Crippen molar-refractivity contribution < 1.29 is 0 Å². The van der Waals surface area contributed by atoms with Crippen LogP contribution < -0.4 is 5.32 Å². The molecule has 108 valence electrons. The highest BCUT2D eigenvalue weighted by atomic mass is 79.9. The minimum Gasteiger partial charge on any atom is -0.310 e. The fraction of sp³-hybridized carbons (Fsp3) is 0.471. The van der Waals surface area contributed by atoms with E-state index in [1.165, 1.54) is 36.6 Å². The first-order chi connectivity index (χ1) is 9.72. The van der Waals surface area contributed by atoms with Gasteiger partial charge in [-0.2, -0.15) is 0 Å². The third-order valence-electron chi connectivity index (χ3n) is 3.68. The van der Waals surface area contributed by atoms with E-state index in [1.54, 1.807) is 0 Å². The number of nitrogens with zero attached hydrogens (tertiary/aromatic N) is 1. The van der Waals surface area contributed by atoms with Gasteiger partial charge in [-0.25, -0.2) is 0 Å². The number of fused-ring (bicyclic) bond motifs is 1. The van der Waals surface area contributed by atoms with E-state index in [4.69, 9.17) is 0 Å². The number of aromatic nitrogens is 1. The van der Waals surface area contributed by atoms with Gasteiger partial charge in [0.2, 0.25) is 0 Å². The fourth-order valence-electron chi connectivity index (χ4n) is 2.43. The summed E-state index contributed by atoms with van der Waals surface area (Å²) >= 11 is 3.59. The Morgan fingerprint density at radius 1 is 1.25 bits per heavy atom. The van der Waals surface area contributed by atoms with Crippen LogP contribution in [0.4, 0.5) is 0 Å². The molecule has 1 aromatic heterocycles. The SMILES string of the molecule is CCCCCC(C)NCc1ccc(Br)c2cccnc12. The van der Waals surface area contributed by atoms with E-state index in [-0.39, 0.29) is 0 Å². The largest absolute Gasteiger partial charge is 0.310 e. The van der Waals surface area contributed by atoms with Crippen LogP contribution in [-0.4, -0.2) is 11.0 Å². The first-order valence-electron chi connectivity index (χ1n) is 7.48. The van der Waals surface area contributed by atoms with Crippen molar-refractivity contribution >= 4 is 26.8 Å². The number of halogens is 1. The van der Waals surface area contributed by atoms with Crippen LogP contribution in [0.1, 0.15) is 45.1 Å². The van der Waals surface area contributed by atoms with E-state index >= 15 is 0 Å². The van der Waals surface area contributed by atoms with Crippen LogP contribution in [0, 0.1) is 0 Å². The van der Waals surface area contributed by atoms with Crippen LogP contribution >= 0.6 is 15.9 Å². The predicted octanol–water partition coefficient (Wildman–Crippen LogP) is 5.06. The first kappa shape index (κ1) is 15.5. The Morgan fingerprint density at radius 2 is 2.10 bits per heavy atom. The molecule has 3 heteroatoms. The normalized spacial score (nSPS) is 12.8. The topological polar surface area (TPSA) is 24.9 Å². The number of rotatable bonds is 7. The second-order valence-corrected chi connectivity index (χ2v) is 6.24. The molecule has 2 aromatic rings. The maximum absolute atomic E-state index is 4.53. The van der Waals surface area contributed by atoms with Crippen molar-refractivity contribution in [2.75, 3.05) is 0 Å². The van der Waals surface area contributed by atoms with Gasteiger partial charge >= 0.3 is 0 Å². The summed E-state index contributed by atoms with van der Waals surface area (Å²) in [6, 6.07) is 8.93. The molecule has 20 heavy (non-hydrogen) atoms. The lowest BCUT2D eigenvalue weighted by Crippen LogP contribution is -2.25. The number of nitrogens with one attached hydrogen (secondary N) is 1. The molecule has 0 aliphatic rings. The zero-order chi connectivity index (χ0) is 14.4. The monoisotopic (exact) mass is 334 g/mol. The molecule has 1 aromatic carbocycles. The van der Waals surface area contributed by atoms with Gasteiger partial charge in [-0.05, 0) is 31.0 Å². The van der Waals surface area contributed by atoms with Gasteiger partial charge in [0.05, 0.1) is 5.52 Å². The number of pyridine rings is 1. The van der Waals surface area contributed by atoms with Gasteiger partial charge < -0.3 is 5.32 Å². The van der Waals surface area contributed by atoms with E-state index in [0.29, 0.717) is 6.04 Å². The van der Waals surface area contributed by atoms with Gasteiger partial charge in [-0.3, -0.25) is 4.98 Å². The summed E-state index contributed by atoms with van der Waals surface area (Å²) < 4.78 is 1.11. The maximum Gasteiger partial charge on any atom is 0.0758 e. The third kappa shape index (κ3) is 4.03. The molecule has 1 unspecified atom stereocenters. The lowest BCUT2D eigenvalue weighted by molar-refractivity contribution is 0.488. The van der Waals surface area contributed by atoms with Gasteiger partial charge in [0, 0.05) is 28.6 Å². The molecule has 0 spiro atoms. The van der Waals surface area contributed by atoms with Crippen LogP contribution in [0.25, 0.3) is 10.9 Å². The molecule has 0 bridgehead atoms. The molecule has 0 amide bonds. The average Bonchev–Trinajstić information content (AvgIpc) is 2.47. The van der Waals surface area contributed by atoms with Gasteiger partial charge in [0.25, 0.3) is 0 Å². The average molecular weight is 335 g/mol. The minimum atomic E-state index is 0.559. The summed E-state index contributed by atoms with van der Waals surface area (Å²) in [6.07, 6.45) is 7.03. The quantitative estimate of drug-likeness (QED) is 0.716. The molecule has 1 heterocycles.